The van der Waals surface area contributed by atoms with Gasteiger partial charge in [-0.2, -0.15) is 0 Å². The lowest BCUT2D eigenvalue weighted by atomic mass is 9.87. The van der Waals surface area contributed by atoms with E-state index in [4.69, 9.17) is 5.14 Å². The molecule has 8 heteroatoms. The molecule has 0 radical (unpaired) electrons. The van der Waals surface area contributed by atoms with E-state index in [2.05, 4.69) is 5.32 Å². The van der Waals surface area contributed by atoms with Crippen LogP contribution in [0.2, 0.25) is 0 Å². The number of hydrogen-bond acceptors (Lipinski definition) is 5. The smallest absolute Gasteiger partial charge is 0.271 e. The quantitative estimate of drug-likeness (QED) is 0.652. The number of sulfonamides is 1. The Kier molecular flexibility index (Phi) is 4.25. The van der Waals surface area contributed by atoms with Gasteiger partial charge in [0.2, 0.25) is 10.0 Å². The molecule has 0 amide bonds. The van der Waals surface area contributed by atoms with Crippen LogP contribution < -0.4 is 10.5 Å². The standard InChI is InChI=1S/C16H17N3O4S/c17-24(22,23)16-9-8-12(19(20)21)10-15(16)18-14-7-3-5-11-4-1-2-6-13(11)14/h1-2,4,6,8-10,14,18H,3,5,7H2,(H2,17,22,23)/t14-/m0/s1. The third-order valence-electron chi connectivity index (χ3n) is 4.18. The van der Waals surface area contributed by atoms with Crippen LogP contribution in [0.5, 0.6) is 0 Å². The molecule has 0 saturated heterocycles. The molecule has 2 aromatic carbocycles. The molecule has 24 heavy (non-hydrogen) atoms. The third-order valence-corrected chi connectivity index (χ3v) is 5.15. The summed E-state index contributed by atoms with van der Waals surface area (Å²) in [6.07, 6.45) is 2.73. The molecule has 3 rings (SSSR count). The maximum absolute atomic E-state index is 11.8. The maximum Gasteiger partial charge on any atom is 0.271 e. The molecule has 0 fully saturated rings. The lowest BCUT2D eigenvalue weighted by molar-refractivity contribution is -0.384. The van der Waals surface area contributed by atoms with Crippen molar-refractivity contribution in [1.82, 2.24) is 0 Å². The van der Waals surface area contributed by atoms with Crippen LogP contribution in [0.15, 0.2) is 47.4 Å². The maximum atomic E-state index is 11.8. The summed E-state index contributed by atoms with van der Waals surface area (Å²) < 4.78 is 23.6. The van der Waals surface area contributed by atoms with Crippen LogP contribution in [0.4, 0.5) is 11.4 Å². The van der Waals surface area contributed by atoms with E-state index >= 15 is 0 Å². The van der Waals surface area contributed by atoms with Gasteiger partial charge in [-0.25, -0.2) is 13.6 Å². The predicted octanol–water partition coefficient (Wildman–Crippen LogP) is 2.73. The Balaban J connectivity index is 2.03. The molecule has 0 heterocycles. The first-order valence-electron chi connectivity index (χ1n) is 7.52. The molecule has 0 unspecified atom stereocenters. The third kappa shape index (κ3) is 3.24. The Morgan fingerprint density at radius 3 is 2.67 bits per heavy atom. The predicted molar refractivity (Wildman–Crippen MR) is 90.2 cm³/mol. The summed E-state index contributed by atoms with van der Waals surface area (Å²) in [6, 6.07) is 11.3. The van der Waals surface area contributed by atoms with Crippen LogP contribution in [-0.2, 0) is 16.4 Å². The number of fused-ring (bicyclic) bond motifs is 1. The van der Waals surface area contributed by atoms with Crippen molar-refractivity contribution in [1.29, 1.82) is 0 Å². The van der Waals surface area contributed by atoms with E-state index in [1.54, 1.807) is 0 Å². The Morgan fingerprint density at radius 2 is 1.96 bits per heavy atom. The van der Waals surface area contributed by atoms with E-state index in [1.807, 2.05) is 24.3 Å². The second kappa shape index (κ2) is 6.21. The molecular weight excluding hydrogens is 330 g/mol. The van der Waals surface area contributed by atoms with Crippen LogP contribution in [0.1, 0.15) is 30.0 Å². The van der Waals surface area contributed by atoms with Crippen molar-refractivity contribution in [3.05, 3.63) is 63.7 Å². The average molecular weight is 347 g/mol. The molecule has 0 spiro atoms. The molecule has 1 atom stereocenters. The number of aryl methyl sites for hydroxylation is 1. The summed E-state index contributed by atoms with van der Waals surface area (Å²) in [5, 5.41) is 19.4. The number of nitro benzene ring substituents is 1. The van der Waals surface area contributed by atoms with Crippen molar-refractivity contribution in [3.63, 3.8) is 0 Å². The highest BCUT2D eigenvalue weighted by molar-refractivity contribution is 7.89. The number of rotatable bonds is 4. The summed E-state index contributed by atoms with van der Waals surface area (Å²) >= 11 is 0. The number of anilines is 1. The number of primary sulfonamides is 1. The second-order valence-electron chi connectivity index (χ2n) is 5.77. The number of nitro groups is 1. The van der Waals surface area contributed by atoms with Crippen LogP contribution in [0.25, 0.3) is 0 Å². The van der Waals surface area contributed by atoms with Crippen molar-refractivity contribution in [2.24, 2.45) is 5.14 Å². The molecule has 1 aliphatic rings. The summed E-state index contributed by atoms with van der Waals surface area (Å²) in [5.41, 5.74) is 2.25. The van der Waals surface area contributed by atoms with Gasteiger partial charge in [-0.1, -0.05) is 24.3 Å². The fraction of sp³-hybridized carbons (Fsp3) is 0.250. The van der Waals surface area contributed by atoms with Gasteiger partial charge in [-0.15, -0.1) is 0 Å². The zero-order valence-corrected chi connectivity index (χ0v) is 13.6. The number of nitrogens with two attached hydrogens (primary N) is 1. The van der Waals surface area contributed by atoms with Crippen LogP contribution in [-0.4, -0.2) is 13.3 Å². The van der Waals surface area contributed by atoms with Gasteiger partial charge in [0, 0.05) is 12.1 Å². The first-order valence-corrected chi connectivity index (χ1v) is 9.06. The number of nitrogens with one attached hydrogen (secondary N) is 1. The van der Waals surface area contributed by atoms with Crippen molar-refractivity contribution >= 4 is 21.4 Å². The van der Waals surface area contributed by atoms with Crippen molar-refractivity contribution < 1.29 is 13.3 Å². The molecule has 0 saturated carbocycles. The zero-order valence-electron chi connectivity index (χ0n) is 12.8. The summed E-state index contributed by atoms with van der Waals surface area (Å²) in [4.78, 5) is 10.3. The van der Waals surface area contributed by atoms with E-state index in [0.29, 0.717) is 0 Å². The van der Waals surface area contributed by atoms with E-state index in [0.717, 1.165) is 30.9 Å². The van der Waals surface area contributed by atoms with Gasteiger partial charge in [0.15, 0.2) is 0 Å². The lowest BCUT2D eigenvalue weighted by Gasteiger charge is -2.27. The Hall–Kier alpha value is -2.45. The minimum atomic E-state index is -3.99. The second-order valence-corrected chi connectivity index (χ2v) is 7.30. The fourth-order valence-corrected chi connectivity index (χ4v) is 3.77. The van der Waals surface area contributed by atoms with Crippen molar-refractivity contribution in [2.75, 3.05) is 5.32 Å². The molecule has 1 aliphatic carbocycles. The molecule has 7 nitrogen and oxygen atoms in total. The summed E-state index contributed by atoms with van der Waals surface area (Å²) in [5.74, 6) is 0. The monoisotopic (exact) mass is 347 g/mol. The molecule has 0 aliphatic heterocycles. The molecule has 126 valence electrons. The van der Waals surface area contributed by atoms with Crippen molar-refractivity contribution in [2.45, 2.75) is 30.2 Å². The lowest BCUT2D eigenvalue weighted by Crippen LogP contribution is -2.20. The molecular formula is C16H17N3O4S. The highest BCUT2D eigenvalue weighted by Gasteiger charge is 2.24. The van der Waals surface area contributed by atoms with Gasteiger partial charge >= 0.3 is 0 Å². The largest absolute Gasteiger partial charge is 0.377 e. The normalized spacial score (nSPS) is 17.1. The highest BCUT2D eigenvalue weighted by Crippen LogP contribution is 2.35. The highest BCUT2D eigenvalue weighted by atomic mass is 32.2. The topological polar surface area (TPSA) is 115 Å². The van der Waals surface area contributed by atoms with Gasteiger partial charge in [-0.3, -0.25) is 10.1 Å². The van der Waals surface area contributed by atoms with Gasteiger partial charge in [-0.05, 0) is 36.5 Å². The molecule has 0 bridgehead atoms. The van der Waals surface area contributed by atoms with Gasteiger partial charge in [0.05, 0.1) is 16.7 Å². The molecule has 3 N–H and O–H groups in total. The van der Waals surface area contributed by atoms with Crippen LogP contribution in [0.3, 0.4) is 0 Å². The summed E-state index contributed by atoms with van der Waals surface area (Å²) in [7, 11) is -3.99. The minimum absolute atomic E-state index is 0.113. The van der Waals surface area contributed by atoms with Gasteiger partial charge in [0.1, 0.15) is 4.90 Å². The van der Waals surface area contributed by atoms with Crippen LogP contribution in [0, 0.1) is 10.1 Å². The Bertz CT molecular complexity index is 896. The van der Waals surface area contributed by atoms with Crippen molar-refractivity contribution in [3.8, 4) is 0 Å². The van der Waals surface area contributed by atoms with E-state index in [9.17, 15) is 18.5 Å². The average Bonchev–Trinajstić information content (AvgIpc) is 2.54. The Labute approximate surface area is 139 Å². The van der Waals surface area contributed by atoms with E-state index < -0.39 is 14.9 Å². The fourth-order valence-electron chi connectivity index (χ4n) is 3.08. The summed E-state index contributed by atoms with van der Waals surface area (Å²) in [6.45, 7) is 0. The number of benzene rings is 2. The number of hydrogen-bond donors (Lipinski definition) is 2. The SMILES string of the molecule is NS(=O)(=O)c1ccc([N+](=O)[O-])cc1N[C@H]1CCCc2ccccc21. The van der Waals surface area contributed by atoms with E-state index in [-0.39, 0.29) is 22.3 Å². The van der Waals surface area contributed by atoms with Gasteiger partial charge < -0.3 is 5.32 Å². The zero-order chi connectivity index (χ0) is 17.3. The number of nitrogens with zero attached hydrogens (tertiary/aromatic N) is 1. The molecule has 0 aromatic heterocycles. The minimum Gasteiger partial charge on any atom is -0.377 e. The molecule has 2 aromatic rings. The first-order chi connectivity index (χ1) is 11.4. The first kappa shape index (κ1) is 16.4. The van der Waals surface area contributed by atoms with E-state index in [1.165, 1.54) is 17.7 Å². The van der Waals surface area contributed by atoms with Gasteiger partial charge in [0.25, 0.3) is 5.69 Å². The Morgan fingerprint density at radius 1 is 1.21 bits per heavy atom. The number of non-ortho nitro benzene ring substituents is 1. The van der Waals surface area contributed by atoms with Crippen LogP contribution >= 0.6 is 0 Å².